The summed E-state index contributed by atoms with van der Waals surface area (Å²) in [6.07, 6.45) is 0. The van der Waals surface area contributed by atoms with Crippen molar-refractivity contribution < 1.29 is 13.9 Å². The Labute approximate surface area is 141 Å². The summed E-state index contributed by atoms with van der Waals surface area (Å²) in [5.74, 6) is -0.332. The molecule has 1 heterocycles. The fourth-order valence-corrected chi connectivity index (χ4v) is 2.55. The van der Waals surface area contributed by atoms with E-state index in [2.05, 4.69) is 10.4 Å². The molecule has 0 radical (unpaired) electrons. The number of benzene rings is 1. The molecule has 6 nitrogen and oxygen atoms in total. The van der Waals surface area contributed by atoms with Gasteiger partial charge in [-0.1, -0.05) is 6.07 Å². The molecule has 130 valence electrons. The number of nitrogens with zero attached hydrogens (tertiary/aromatic N) is 3. The first-order chi connectivity index (χ1) is 11.3. The average molecular weight is 334 g/mol. The van der Waals surface area contributed by atoms with Crippen molar-refractivity contribution in [3.63, 3.8) is 0 Å². The van der Waals surface area contributed by atoms with Crippen LogP contribution in [0.4, 0.5) is 10.1 Å². The van der Waals surface area contributed by atoms with Crippen LogP contribution in [0.5, 0.6) is 5.75 Å². The van der Waals surface area contributed by atoms with Crippen molar-refractivity contribution in [3.8, 4) is 5.75 Å². The number of anilines is 1. The van der Waals surface area contributed by atoms with Crippen LogP contribution in [0.25, 0.3) is 0 Å². The third kappa shape index (κ3) is 4.11. The number of hydrogen-bond donors (Lipinski definition) is 1. The van der Waals surface area contributed by atoms with Gasteiger partial charge >= 0.3 is 0 Å². The summed E-state index contributed by atoms with van der Waals surface area (Å²) in [5, 5.41) is 7.16. The Bertz CT molecular complexity index is 742. The number of nitrogens with one attached hydrogen (secondary N) is 1. The number of carbonyl (C=O) groups excluding carboxylic acids is 1. The van der Waals surface area contributed by atoms with Gasteiger partial charge in [0.2, 0.25) is 5.91 Å². The molecule has 1 aromatic heterocycles. The molecule has 0 atom stereocenters. The maximum absolute atomic E-state index is 13.7. The Hall–Kier alpha value is -2.41. The number of rotatable bonds is 6. The van der Waals surface area contributed by atoms with Crippen molar-refractivity contribution in [2.45, 2.75) is 20.4 Å². The number of halogens is 1. The highest BCUT2D eigenvalue weighted by atomic mass is 19.1. The number of carbonyl (C=O) groups is 1. The summed E-state index contributed by atoms with van der Waals surface area (Å²) in [4.78, 5) is 14.0. The minimum absolute atomic E-state index is 0.134. The maximum Gasteiger partial charge on any atom is 0.238 e. The third-order valence-electron chi connectivity index (χ3n) is 3.86. The fraction of sp³-hybridized carbons (Fsp3) is 0.412. The minimum Gasteiger partial charge on any atom is -0.494 e. The normalized spacial score (nSPS) is 11.0. The van der Waals surface area contributed by atoms with Gasteiger partial charge in [0.05, 0.1) is 30.7 Å². The van der Waals surface area contributed by atoms with Crippen LogP contribution in [0.2, 0.25) is 0 Å². The van der Waals surface area contributed by atoms with Gasteiger partial charge in [0.15, 0.2) is 11.6 Å². The molecule has 1 aromatic carbocycles. The molecule has 0 aliphatic rings. The standard InChI is InChI=1S/C17H23FN4O2/c1-11-17(12(2)22(4)20-11)19-16(23)10-21(3)9-13-6-7-15(24-5)14(18)8-13/h6-8H,9-10H2,1-5H3,(H,19,23). The summed E-state index contributed by atoms with van der Waals surface area (Å²) in [6.45, 7) is 4.41. The molecule has 0 saturated heterocycles. The number of hydrogen-bond acceptors (Lipinski definition) is 4. The van der Waals surface area contributed by atoms with Crippen molar-refractivity contribution in [1.29, 1.82) is 0 Å². The first-order valence-corrected chi connectivity index (χ1v) is 7.62. The van der Waals surface area contributed by atoms with Crippen LogP contribution in [0.1, 0.15) is 17.0 Å². The second-order valence-corrected chi connectivity index (χ2v) is 5.86. The van der Waals surface area contributed by atoms with Crippen molar-refractivity contribution in [3.05, 3.63) is 41.0 Å². The van der Waals surface area contributed by atoms with Gasteiger partial charge in [-0.3, -0.25) is 14.4 Å². The van der Waals surface area contributed by atoms with Crippen molar-refractivity contribution >= 4 is 11.6 Å². The molecule has 0 bridgehead atoms. The highest BCUT2D eigenvalue weighted by Gasteiger charge is 2.14. The van der Waals surface area contributed by atoms with Gasteiger partial charge in [-0.05, 0) is 38.6 Å². The molecule has 0 fully saturated rings. The molecule has 0 spiro atoms. The van der Waals surface area contributed by atoms with Gasteiger partial charge in [-0.2, -0.15) is 5.10 Å². The first-order valence-electron chi connectivity index (χ1n) is 7.62. The number of ether oxygens (including phenoxy) is 1. The van der Waals surface area contributed by atoms with Gasteiger partial charge in [0, 0.05) is 13.6 Å². The molecule has 2 aromatic rings. The quantitative estimate of drug-likeness (QED) is 0.880. The summed E-state index contributed by atoms with van der Waals surface area (Å²) < 4.78 is 20.3. The van der Waals surface area contributed by atoms with E-state index in [4.69, 9.17) is 4.74 Å². The highest BCUT2D eigenvalue weighted by molar-refractivity contribution is 5.93. The van der Waals surface area contributed by atoms with E-state index in [1.54, 1.807) is 16.8 Å². The largest absolute Gasteiger partial charge is 0.494 e. The van der Waals surface area contributed by atoms with Crippen LogP contribution in [0, 0.1) is 19.7 Å². The van der Waals surface area contributed by atoms with Crippen LogP contribution in [-0.2, 0) is 18.4 Å². The summed E-state index contributed by atoms with van der Waals surface area (Å²) in [6, 6.07) is 4.79. The van der Waals surface area contributed by atoms with Gasteiger partial charge in [-0.15, -0.1) is 0 Å². The van der Waals surface area contributed by atoms with E-state index in [9.17, 15) is 9.18 Å². The number of aryl methyl sites for hydroxylation is 2. The number of aromatic nitrogens is 2. The van der Waals surface area contributed by atoms with Crippen LogP contribution in [0.3, 0.4) is 0 Å². The van der Waals surface area contributed by atoms with Gasteiger partial charge in [0.1, 0.15) is 0 Å². The number of amides is 1. The van der Waals surface area contributed by atoms with Crippen LogP contribution < -0.4 is 10.1 Å². The van der Waals surface area contributed by atoms with Crippen molar-refractivity contribution in [2.24, 2.45) is 7.05 Å². The van der Waals surface area contributed by atoms with Crippen LogP contribution >= 0.6 is 0 Å². The first kappa shape index (κ1) is 17.9. The van der Waals surface area contributed by atoms with E-state index >= 15 is 0 Å². The molecule has 24 heavy (non-hydrogen) atoms. The monoisotopic (exact) mass is 334 g/mol. The average Bonchev–Trinajstić information content (AvgIpc) is 2.73. The Balaban J connectivity index is 1.95. The summed E-state index contributed by atoms with van der Waals surface area (Å²) in [5.41, 5.74) is 3.20. The zero-order chi connectivity index (χ0) is 17.9. The number of likely N-dealkylation sites (N-methyl/N-ethyl adjacent to an activating group) is 1. The molecule has 0 saturated carbocycles. The van der Waals surface area contributed by atoms with E-state index < -0.39 is 5.82 Å². The number of methoxy groups -OCH3 is 1. The van der Waals surface area contributed by atoms with Crippen molar-refractivity contribution in [1.82, 2.24) is 14.7 Å². The minimum atomic E-state index is -0.408. The molecule has 2 rings (SSSR count). The molecule has 7 heteroatoms. The molecule has 0 aliphatic carbocycles. The van der Waals surface area contributed by atoms with Gasteiger partial charge in [-0.25, -0.2) is 4.39 Å². The predicted molar refractivity (Wildman–Crippen MR) is 90.6 cm³/mol. The zero-order valence-corrected chi connectivity index (χ0v) is 14.7. The summed E-state index contributed by atoms with van der Waals surface area (Å²) in [7, 11) is 5.07. The Kier molecular flexibility index (Phi) is 5.56. The van der Waals surface area contributed by atoms with E-state index in [1.165, 1.54) is 13.2 Å². The van der Waals surface area contributed by atoms with Gasteiger partial charge < -0.3 is 10.1 Å². The lowest BCUT2D eigenvalue weighted by Crippen LogP contribution is -2.30. The second-order valence-electron chi connectivity index (χ2n) is 5.86. The smallest absolute Gasteiger partial charge is 0.238 e. The van der Waals surface area contributed by atoms with E-state index in [-0.39, 0.29) is 18.2 Å². The lowest BCUT2D eigenvalue weighted by atomic mass is 10.2. The highest BCUT2D eigenvalue weighted by Crippen LogP contribution is 2.19. The molecule has 1 N–H and O–H groups in total. The Morgan fingerprint density at radius 1 is 1.42 bits per heavy atom. The maximum atomic E-state index is 13.7. The Morgan fingerprint density at radius 2 is 2.12 bits per heavy atom. The van der Waals surface area contributed by atoms with Gasteiger partial charge in [0.25, 0.3) is 0 Å². The lowest BCUT2D eigenvalue weighted by molar-refractivity contribution is -0.117. The molecular formula is C17H23FN4O2. The van der Waals surface area contributed by atoms with Crippen molar-refractivity contribution in [2.75, 3.05) is 26.0 Å². The fourth-order valence-electron chi connectivity index (χ4n) is 2.55. The topological polar surface area (TPSA) is 59.4 Å². The van der Waals surface area contributed by atoms with Crippen LogP contribution in [0.15, 0.2) is 18.2 Å². The van der Waals surface area contributed by atoms with Crippen LogP contribution in [-0.4, -0.2) is 41.3 Å². The molecular weight excluding hydrogens is 311 g/mol. The molecule has 0 unspecified atom stereocenters. The van der Waals surface area contributed by atoms with E-state index in [1.807, 2.05) is 32.8 Å². The molecule has 0 aliphatic heterocycles. The van der Waals surface area contributed by atoms with E-state index in [0.717, 1.165) is 22.6 Å². The second kappa shape index (κ2) is 7.44. The summed E-state index contributed by atoms with van der Waals surface area (Å²) >= 11 is 0. The van der Waals surface area contributed by atoms with E-state index in [0.29, 0.717) is 6.54 Å². The third-order valence-corrected chi connectivity index (χ3v) is 3.86. The lowest BCUT2D eigenvalue weighted by Gasteiger charge is -2.17. The Morgan fingerprint density at radius 3 is 2.67 bits per heavy atom. The molecule has 1 amide bonds. The SMILES string of the molecule is COc1ccc(CN(C)CC(=O)Nc2c(C)nn(C)c2C)cc1F. The predicted octanol–water partition coefficient (Wildman–Crippen LogP) is 2.26. The zero-order valence-electron chi connectivity index (χ0n) is 14.7.